The highest BCUT2D eigenvalue weighted by Crippen LogP contribution is 2.15. The second-order valence-electron chi connectivity index (χ2n) is 4.66. The third-order valence-corrected chi connectivity index (χ3v) is 2.94. The summed E-state index contributed by atoms with van der Waals surface area (Å²) in [6, 6.07) is 6.40. The van der Waals surface area contributed by atoms with Crippen LogP contribution >= 0.6 is 0 Å². The molecule has 2 rings (SSSR count). The van der Waals surface area contributed by atoms with Crippen LogP contribution in [0.2, 0.25) is 0 Å². The van der Waals surface area contributed by atoms with Crippen molar-refractivity contribution in [1.29, 1.82) is 0 Å². The van der Waals surface area contributed by atoms with Gasteiger partial charge in [0.05, 0.1) is 30.0 Å². The van der Waals surface area contributed by atoms with Crippen LogP contribution < -0.4 is 10.6 Å². The van der Waals surface area contributed by atoms with Crippen molar-refractivity contribution in [2.75, 3.05) is 17.2 Å². The molecule has 0 saturated heterocycles. The van der Waals surface area contributed by atoms with Gasteiger partial charge in [0.1, 0.15) is 5.76 Å². The molecule has 0 amide bonds. The number of anilines is 2. The van der Waals surface area contributed by atoms with Crippen molar-refractivity contribution >= 4 is 11.4 Å². The molecule has 0 aromatic carbocycles. The van der Waals surface area contributed by atoms with Crippen molar-refractivity contribution in [3.8, 4) is 0 Å². The van der Waals surface area contributed by atoms with Crippen LogP contribution in [-0.2, 0) is 6.42 Å². The first-order valence-electron chi connectivity index (χ1n) is 6.75. The van der Waals surface area contributed by atoms with Gasteiger partial charge in [-0.1, -0.05) is 0 Å². The molecule has 0 aliphatic carbocycles. The number of rotatable bonds is 7. The molecule has 2 N–H and O–H groups in total. The number of hydrogen-bond acceptors (Lipinski definition) is 4. The third-order valence-electron chi connectivity index (χ3n) is 2.94. The lowest BCUT2D eigenvalue weighted by Crippen LogP contribution is -2.16. The van der Waals surface area contributed by atoms with E-state index in [0.717, 1.165) is 36.5 Å². The molecule has 1 unspecified atom stereocenters. The summed E-state index contributed by atoms with van der Waals surface area (Å²) in [5.74, 6) is 1.04. The highest BCUT2D eigenvalue weighted by molar-refractivity contribution is 5.54. The van der Waals surface area contributed by atoms with Crippen LogP contribution in [0, 0.1) is 0 Å². The molecule has 4 nitrogen and oxygen atoms in total. The molecule has 4 heteroatoms. The lowest BCUT2D eigenvalue weighted by atomic mass is 10.1. The molecule has 2 aromatic rings. The zero-order chi connectivity index (χ0) is 13.5. The first-order chi connectivity index (χ1) is 9.28. The Labute approximate surface area is 114 Å². The van der Waals surface area contributed by atoms with Crippen LogP contribution in [0.1, 0.15) is 26.0 Å². The largest absolute Gasteiger partial charge is 0.469 e. The van der Waals surface area contributed by atoms with E-state index >= 15 is 0 Å². The van der Waals surface area contributed by atoms with E-state index in [-0.39, 0.29) is 0 Å². The van der Waals surface area contributed by atoms with Gasteiger partial charge >= 0.3 is 0 Å². The molecular weight excluding hydrogens is 238 g/mol. The lowest BCUT2D eigenvalue weighted by molar-refractivity contribution is 0.495. The predicted octanol–water partition coefficient (Wildman–Crippen LogP) is 3.54. The quantitative estimate of drug-likeness (QED) is 0.798. The molecule has 0 aliphatic rings. The molecule has 0 fully saturated rings. The molecule has 0 bridgehead atoms. The SMILES string of the molecule is CCNc1cncc(NC(C)CCc2ccco2)c1. The molecule has 0 spiro atoms. The predicted molar refractivity (Wildman–Crippen MR) is 78.5 cm³/mol. The summed E-state index contributed by atoms with van der Waals surface area (Å²) < 4.78 is 5.34. The van der Waals surface area contributed by atoms with Crippen molar-refractivity contribution in [2.45, 2.75) is 32.7 Å². The van der Waals surface area contributed by atoms with Crippen molar-refractivity contribution in [1.82, 2.24) is 4.98 Å². The minimum absolute atomic E-state index is 0.378. The number of aryl methyl sites for hydroxylation is 1. The number of nitrogens with one attached hydrogen (secondary N) is 2. The Morgan fingerprint density at radius 3 is 2.89 bits per heavy atom. The van der Waals surface area contributed by atoms with Crippen molar-refractivity contribution in [3.05, 3.63) is 42.6 Å². The molecule has 2 aromatic heterocycles. The fourth-order valence-corrected chi connectivity index (χ4v) is 1.99. The number of nitrogens with zero attached hydrogens (tertiary/aromatic N) is 1. The third kappa shape index (κ3) is 4.32. The summed E-state index contributed by atoms with van der Waals surface area (Å²) in [7, 11) is 0. The summed E-state index contributed by atoms with van der Waals surface area (Å²) >= 11 is 0. The second kappa shape index (κ2) is 6.83. The van der Waals surface area contributed by atoms with Crippen molar-refractivity contribution in [2.24, 2.45) is 0 Å². The van der Waals surface area contributed by atoms with E-state index in [1.807, 2.05) is 24.5 Å². The fraction of sp³-hybridized carbons (Fsp3) is 0.400. The maximum Gasteiger partial charge on any atom is 0.103 e. The van der Waals surface area contributed by atoms with Gasteiger partial charge in [0.2, 0.25) is 0 Å². The van der Waals surface area contributed by atoms with Crippen LogP contribution in [0.5, 0.6) is 0 Å². The number of pyridine rings is 1. The van der Waals surface area contributed by atoms with Crippen LogP contribution in [0.3, 0.4) is 0 Å². The summed E-state index contributed by atoms with van der Waals surface area (Å²) in [6.07, 6.45) is 7.38. The standard InChI is InChI=1S/C15H21N3O/c1-3-17-13-9-14(11-16-10-13)18-12(2)6-7-15-5-4-8-19-15/h4-5,8-12,17-18H,3,6-7H2,1-2H3. The smallest absolute Gasteiger partial charge is 0.103 e. The fourth-order valence-electron chi connectivity index (χ4n) is 1.99. The Bertz CT molecular complexity index is 482. The van der Waals surface area contributed by atoms with Gasteiger partial charge in [-0.3, -0.25) is 4.98 Å². The van der Waals surface area contributed by atoms with Crippen LogP contribution in [0.15, 0.2) is 41.3 Å². The maximum absolute atomic E-state index is 5.34. The van der Waals surface area contributed by atoms with E-state index in [2.05, 4.69) is 35.5 Å². The highest BCUT2D eigenvalue weighted by Gasteiger charge is 2.05. The van der Waals surface area contributed by atoms with Gasteiger partial charge in [0.25, 0.3) is 0 Å². The van der Waals surface area contributed by atoms with E-state index in [1.165, 1.54) is 0 Å². The second-order valence-corrected chi connectivity index (χ2v) is 4.66. The zero-order valence-corrected chi connectivity index (χ0v) is 11.5. The normalized spacial score (nSPS) is 12.1. The van der Waals surface area contributed by atoms with Gasteiger partial charge in [-0.2, -0.15) is 0 Å². The molecule has 19 heavy (non-hydrogen) atoms. The summed E-state index contributed by atoms with van der Waals surface area (Å²) in [6.45, 7) is 5.15. The van der Waals surface area contributed by atoms with Gasteiger partial charge in [0.15, 0.2) is 0 Å². The monoisotopic (exact) mass is 259 g/mol. The van der Waals surface area contributed by atoms with E-state index in [4.69, 9.17) is 4.42 Å². The summed E-state index contributed by atoms with van der Waals surface area (Å²) in [5.41, 5.74) is 2.09. The van der Waals surface area contributed by atoms with Crippen molar-refractivity contribution in [3.63, 3.8) is 0 Å². The average molecular weight is 259 g/mol. The van der Waals surface area contributed by atoms with E-state index < -0.39 is 0 Å². The van der Waals surface area contributed by atoms with Crippen LogP contribution in [0.4, 0.5) is 11.4 Å². The minimum atomic E-state index is 0.378. The number of hydrogen-bond donors (Lipinski definition) is 2. The molecule has 0 saturated carbocycles. The number of aromatic nitrogens is 1. The minimum Gasteiger partial charge on any atom is -0.469 e. The lowest BCUT2D eigenvalue weighted by Gasteiger charge is -2.15. The van der Waals surface area contributed by atoms with Crippen LogP contribution in [-0.4, -0.2) is 17.6 Å². The van der Waals surface area contributed by atoms with Gasteiger partial charge in [-0.05, 0) is 38.5 Å². The Morgan fingerprint density at radius 1 is 1.32 bits per heavy atom. The topological polar surface area (TPSA) is 50.1 Å². The average Bonchev–Trinajstić information content (AvgIpc) is 2.90. The molecule has 0 radical (unpaired) electrons. The maximum atomic E-state index is 5.34. The first kappa shape index (κ1) is 13.5. The summed E-state index contributed by atoms with van der Waals surface area (Å²) in [4.78, 5) is 4.22. The first-order valence-corrected chi connectivity index (χ1v) is 6.75. The van der Waals surface area contributed by atoms with Gasteiger partial charge < -0.3 is 15.1 Å². The molecule has 1 atom stereocenters. The van der Waals surface area contributed by atoms with Gasteiger partial charge in [-0.25, -0.2) is 0 Å². The molecular formula is C15H21N3O. The highest BCUT2D eigenvalue weighted by atomic mass is 16.3. The zero-order valence-electron chi connectivity index (χ0n) is 11.5. The molecule has 0 aliphatic heterocycles. The molecule has 102 valence electrons. The Hall–Kier alpha value is -1.97. The Balaban J connectivity index is 1.84. The molecule has 2 heterocycles. The Morgan fingerprint density at radius 2 is 2.16 bits per heavy atom. The van der Waals surface area contributed by atoms with Crippen LogP contribution in [0.25, 0.3) is 0 Å². The van der Waals surface area contributed by atoms with Gasteiger partial charge in [-0.15, -0.1) is 0 Å². The summed E-state index contributed by atoms with van der Waals surface area (Å²) in [5, 5.41) is 6.72. The Kier molecular flexibility index (Phi) is 4.84. The van der Waals surface area contributed by atoms with E-state index in [1.54, 1.807) is 6.26 Å². The van der Waals surface area contributed by atoms with E-state index in [0.29, 0.717) is 6.04 Å². The number of furan rings is 1. The van der Waals surface area contributed by atoms with E-state index in [9.17, 15) is 0 Å². The van der Waals surface area contributed by atoms with Crippen molar-refractivity contribution < 1.29 is 4.42 Å². The van der Waals surface area contributed by atoms with Gasteiger partial charge in [0, 0.05) is 19.0 Å².